The first-order valence-electron chi connectivity index (χ1n) is 6.19. The lowest BCUT2D eigenvalue weighted by Gasteiger charge is -2.08. The normalized spacial score (nSPS) is 10.1. The molecule has 0 atom stereocenters. The minimum Gasteiger partial charge on any atom is -0.492 e. The van der Waals surface area contributed by atoms with E-state index in [2.05, 4.69) is 5.32 Å². The van der Waals surface area contributed by atoms with E-state index in [9.17, 15) is 9.18 Å². The molecule has 0 spiro atoms. The first-order valence-corrected chi connectivity index (χ1v) is 6.19. The van der Waals surface area contributed by atoms with Crippen molar-refractivity contribution in [2.24, 2.45) is 5.73 Å². The highest BCUT2D eigenvalue weighted by atomic mass is 19.1. The molecule has 0 saturated carbocycles. The lowest BCUT2D eigenvalue weighted by Crippen LogP contribution is -2.13. The van der Waals surface area contributed by atoms with Crippen molar-refractivity contribution < 1.29 is 13.9 Å². The first-order chi connectivity index (χ1) is 9.69. The molecule has 4 nitrogen and oxygen atoms in total. The molecule has 0 fully saturated rings. The van der Waals surface area contributed by atoms with E-state index in [1.165, 1.54) is 18.2 Å². The summed E-state index contributed by atoms with van der Waals surface area (Å²) in [4.78, 5) is 12.0. The molecule has 3 N–H and O–H groups in total. The van der Waals surface area contributed by atoms with Gasteiger partial charge in [0.1, 0.15) is 18.2 Å². The van der Waals surface area contributed by atoms with Crippen LogP contribution in [0.5, 0.6) is 5.75 Å². The Bertz CT molecular complexity index is 602. The topological polar surface area (TPSA) is 64.3 Å². The summed E-state index contributed by atoms with van der Waals surface area (Å²) < 4.78 is 18.4. The van der Waals surface area contributed by atoms with Gasteiger partial charge >= 0.3 is 0 Å². The molecule has 0 aliphatic carbocycles. The third kappa shape index (κ3) is 3.80. The van der Waals surface area contributed by atoms with Crippen molar-refractivity contribution >= 4 is 11.6 Å². The Labute approximate surface area is 116 Å². The standard InChI is InChI=1S/C15H15FN2O2/c16-12-4-2-5-13(10-12)18-15(19)11-3-1-6-14(9-11)20-8-7-17/h1-6,9-10H,7-8,17H2,(H,18,19). The molecule has 0 aromatic heterocycles. The summed E-state index contributed by atoms with van der Waals surface area (Å²) in [7, 11) is 0. The first kappa shape index (κ1) is 14.0. The summed E-state index contributed by atoms with van der Waals surface area (Å²) in [6.07, 6.45) is 0. The predicted molar refractivity (Wildman–Crippen MR) is 75.3 cm³/mol. The van der Waals surface area contributed by atoms with Crippen LogP contribution in [0.3, 0.4) is 0 Å². The van der Waals surface area contributed by atoms with Crippen molar-refractivity contribution in [2.45, 2.75) is 0 Å². The maximum Gasteiger partial charge on any atom is 0.255 e. The molecule has 2 aromatic carbocycles. The van der Waals surface area contributed by atoms with Crippen LogP contribution in [0.2, 0.25) is 0 Å². The van der Waals surface area contributed by atoms with Gasteiger partial charge in [-0.1, -0.05) is 12.1 Å². The van der Waals surface area contributed by atoms with Gasteiger partial charge in [0.25, 0.3) is 5.91 Å². The van der Waals surface area contributed by atoms with Gasteiger partial charge in [0.05, 0.1) is 0 Å². The number of amides is 1. The maximum atomic E-state index is 13.0. The Balaban J connectivity index is 2.09. The van der Waals surface area contributed by atoms with E-state index < -0.39 is 5.82 Å². The van der Waals surface area contributed by atoms with Crippen LogP contribution in [0, 0.1) is 5.82 Å². The van der Waals surface area contributed by atoms with Crippen LogP contribution < -0.4 is 15.8 Å². The van der Waals surface area contributed by atoms with E-state index in [0.29, 0.717) is 30.2 Å². The smallest absolute Gasteiger partial charge is 0.255 e. The van der Waals surface area contributed by atoms with Gasteiger partial charge in [0, 0.05) is 17.8 Å². The Hall–Kier alpha value is -2.40. The molecule has 1 amide bonds. The van der Waals surface area contributed by atoms with E-state index in [-0.39, 0.29) is 5.91 Å². The fourth-order valence-electron chi connectivity index (χ4n) is 1.67. The van der Waals surface area contributed by atoms with E-state index >= 15 is 0 Å². The molecule has 0 aliphatic heterocycles. The number of benzene rings is 2. The van der Waals surface area contributed by atoms with Crippen LogP contribution in [-0.4, -0.2) is 19.1 Å². The average Bonchev–Trinajstić information content (AvgIpc) is 2.45. The van der Waals surface area contributed by atoms with Gasteiger partial charge in [-0.25, -0.2) is 4.39 Å². The number of nitrogens with two attached hydrogens (primary N) is 1. The van der Waals surface area contributed by atoms with Crippen molar-refractivity contribution in [2.75, 3.05) is 18.5 Å². The van der Waals surface area contributed by atoms with Gasteiger partial charge in [-0.05, 0) is 36.4 Å². The van der Waals surface area contributed by atoms with Crippen LogP contribution in [0.15, 0.2) is 48.5 Å². The highest BCUT2D eigenvalue weighted by Gasteiger charge is 2.07. The molecule has 2 rings (SSSR count). The molecule has 104 valence electrons. The zero-order valence-corrected chi connectivity index (χ0v) is 10.8. The van der Waals surface area contributed by atoms with Gasteiger partial charge in [0.15, 0.2) is 0 Å². The summed E-state index contributed by atoms with van der Waals surface area (Å²) in [5.41, 5.74) is 6.19. The molecule has 0 saturated heterocycles. The van der Waals surface area contributed by atoms with Crippen LogP contribution in [0.1, 0.15) is 10.4 Å². The number of halogens is 1. The molecule has 5 heteroatoms. The van der Waals surface area contributed by atoms with E-state index in [4.69, 9.17) is 10.5 Å². The van der Waals surface area contributed by atoms with Crippen molar-refractivity contribution in [3.05, 3.63) is 59.9 Å². The van der Waals surface area contributed by atoms with Crippen molar-refractivity contribution in [3.63, 3.8) is 0 Å². The predicted octanol–water partition coefficient (Wildman–Crippen LogP) is 2.42. The third-order valence-corrected chi connectivity index (χ3v) is 2.57. The Kier molecular flexibility index (Phi) is 4.68. The fourth-order valence-corrected chi connectivity index (χ4v) is 1.67. The van der Waals surface area contributed by atoms with Gasteiger partial charge in [0.2, 0.25) is 0 Å². The Morgan fingerprint density at radius 3 is 2.75 bits per heavy atom. The number of carbonyl (C=O) groups is 1. The second kappa shape index (κ2) is 6.68. The molecule has 0 radical (unpaired) electrons. The molecule has 2 aromatic rings. The molecule has 0 aliphatic rings. The summed E-state index contributed by atoms with van der Waals surface area (Å²) in [6.45, 7) is 0.786. The number of carbonyl (C=O) groups excluding carboxylic acids is 1. The Morgan fingerprint density at radius 2 is 2.00 bits per heavy atom. The zero-order valence-electron chi connectivity index (χ0n) is 10.8. The number of nitrogens with one attached hydrogen (secondary N) is 1. The fraction of sp³-hybridized carbons (Fsp3) is 0.133. The quantitative estimate of drug-likeness (QED) is 0.880. The van der Waals surface area contributed by atoms with E-state index in [1.54, 1.807) is 30.3 Å². The van der Waals surface area contributed by atoms with Crippen molar-refractivity contribution in [3.8, 4) is 5.75 Å². The summed E-state index contributed by atoms with van der Waals surface area (Å²) in [6, 6.07) is 12.5. The molecule has 20 heavy (non-hydrogen) atoms. The lowest BCUT2D eigenvalue weighted by molar-refractivity contribution is 0.102. The molecule has 0 heterocycles. The third-order valence-electron chi connectivity index (χ3n) is 2.57. The lowest BCUT2D eigenvalue weighted by atomic mass is 10.2. The van der Waals surface area contributed by atoms with Crippen LogP contribution in [-0.2, 0) is 0 Å². The van der Waals surface area contributed by atoms with Crippen LogP contribution >= 0.6 is 0 Å². The van der Waals surface area contributed by atoms with E-state index in [1.807, 2.05) is 0 Å². The monoisotopic (exact) mass is 274 g/mol. The average molecular weight is 274 g/mol. The molecule has 0 unspecified atom stereocenters. The number of hydrogen-bond acceptors (Lipinski definition) is 3. The number of anilines is 1. The number of rotatable bonds is 5. The van der Waals surface area contributed by atoms with Crippen molar-refractivity contribution in [1.82, 2.24) is 0 Å². The largest absolute Gasteiger partial charge is 0.492 e. The molecular weight excluding hydrogens is 259 g/mol. The van der Waals surface area contributed by atoms with E-state index in [0.717, 1.165) is 0 Å². The van der Waals surface area contributed by atoms with Crippen LogP contribution in [0.25, 0.3) is 0 Å². The van der Waals surface area contributed by atoms with Gasteiger partial charge in [-0.2, -0.15) is 0 Å². The van der Waals surface area contributed by atoms with Crippen LogP contribution in [0.4, 0.5) is 10.1 Å². The maximum absolute atomic E-state index is 13.0. The molecule has 0 bridgehead atoms. The van der Waals surface area contributed by atoms with Crippen molar-refractivity contribution in [1.29, 1.82) is 0 Å². The Morgan fingerprint density at radius 1 is 1.20 bits per heavy atom. The second-order valence-corrected chi connectivity index (χ2v) is 4.13. The number of hydrogen-bond donors (Lipinski definition) is 2. The zero-order chi connectivity index (χ0) is 14.4. The minimum absolute atomic E-state index is 0.325. The second-order valence-electron chi connectivity index (χ2n) is 4.13. The minimum atomic E-state index is -0.400. The summed E-state index contributed by atoms with van der Waals surface area (Å²) in [5, 5.41) is 2.62. The van der Waals surface area contributed by atoms with Gasteiger partial charge < -0.3 is 15.8 Å². The van der Waals surface area contributed by atoms with Gasteiger partial charge in [-0.3, -0.25) is 4.79 Å². The van der Waals surface area contributed by atoms with Gasteiger partial charge in [-0.15, -0.1) is 0 Å². The summed E-state index contributed by atoms with van der Waals surface area (Å²) >= 11 is 0. The highest BCUT2D eigenvalue weighted by Crippen LogP contribution is 2.15. The number of ether oxygens (including phenoxy) is 1. The summed E-state index contributed by atoms with van der Waals surface area (Å²) in [5.74, 6) is -0.154. The highest BCUT2D eigenvalue weighted by molar-refractivity contribution is 6.04. The SMILES string of the molecule is NCCOc1cccc(C(=O)Nc2cccc(F)c2)c1. The molecular formula is C15H15FN2O2.